The van der Waals surface area contributed by atoms with Gasteiger partial charge in [0.25, 0.3) is 0 Å². The SMILES string of the molecule is O=C(CSc1ccc(NCc2ccc3c(c2)OCO3)nn1)Nc1ccc2c(c1)OCCO2. The summed E-state index contributed by atoms with van der Waals surface area (Å²) in [7, 11) is 0. The van der Waals surface area contributed by atoms with Crippen LogP contribution in [0.2, 0.25) is 0 Å². The van der Waals surface area contributed by atoms with Gasteiger partial charge >= 0.3 is 0 Å². The van der Waals surface area contributed by atoms with Crippen LogP contribution in [0, 0.1) is 0 Å². The van der Waals surface area contributed by atoms with Crippen molar-refractivity contribution in [3.8, 4) is 23.0 Å². The molecule has 2 aliphatic heterocycles. The summed E-state index contributed by atoms with van der Waals surface area (Å²) < 4.78 is 21.7. The Balaban J connectivity index is 1.09. The smallest absolute Gasteiger partial charge is 0.234 e. The number of fused-ring (bicyclic) bond motifs is 2. The number of carbonyl (C=O) groups excluding carboxylic acids is 1. The Kier molecular flexibility index (Phi) is 5.84. The summed E-state index contributed by atoms with van der Waals surface area (Å²) in [6.45, 7) is 1.87. The predicted molar refractivity (Wildman–Crippen MR) is 119 cm³/mol. The summed E-state index contributed by atoms with van der Waals surface area (Å²) in [5.41, 5.74) is 1.71. The topological polar surface area (TPSA) is 104 Å². The second kappa shape index (κ2) is 9.23. The zero-order valence-electron chi connectivity index (χ0n) is 17.0. The highest BCUT2D eigenvalue weighted by molar-refractivity contribution is 7.99. The number of nitrogens with one attached hydrogen (secondary N) is 2. The van der Waals surface area contributed by atoms with Crippen LogP contribution in [0.25, 0.3) is 0 Å². The molecule has 0 aliphatic carbocycles. The van der Waals surface area contributed by atoms with Crippen molar-refractivity contribution in [3.05, 3.63) is 54.1 Å². The van der Waals surface area contributed by atoms with Crippen molar-refractivity contribution in [1.29, 1.82) is 0 Å². The second-order valence-corrected chi connectivity index (χ2v) is 7.99. The predicted octanol–water partition coefficient (Wildman–Crippen LogP) is 3.32. The number of ether oxygens (including phenoxy) is 4. The van der Waals surface area contributed by atoms with Crippen LogP contribution in [0.5, 0.6) is 23.0 Å². The highest BCUT2D eigenvalue weighted by atomic mass is 32.2. The molecule has 164 valence electrons. The molecule has 2 N–H and O–H groups in total. The molecule has 0 atom stereocenters. The molecule has 0 bridgehead atoms. The molecule has 0 fully saturated rings. The van der Waals surface area contributed by atoms with Gasteiger partial charge in [-0.25, -0.2) is 0 Å². The minimum absolute atomic E-state index is 0.140. The number of benzene rings is 2. The number of anilines is 2. The number of nitrogens with zero attached hydrogens (tertiary/aromatic N) is 2. The van der Waals surface area contributed by atoms with Gasteiger partial charge in [-0.1, -0.05) is 17.8 Å². The monoisotopic (exact) mass is 452 g/mol. The first kappa shape index (κ1) is 20.3. The summed E-state index contributed by atoms with van der Waals surface area (Å²) in [4.78, 5) is 12.3. The molecule has 2 aliphatic rings. The normalized spacial score (nSPS) is 13.5. The number of thioether (sulfide) groups is 1. The third kappa shape index (κ3) is 4.80. The van der Waals surface area contributed by atoms with E-state index in [0.29, 0.717) is 47.8 Å². The molecule has 0 saturated heterocycles. The molecule has 1 amide bonds. The Morgan fingerprint density at radius 3 is 2.53 bits per heavy atom. The number of hydrogen-bond donors (Lipinski definition) is 2. The number of carbonyl (C=O) groups is 1. The summed E-state index contributed by atoms with van der Waals surface area (Å²) in [5, 5.41) is 15.1. The van der Waals surface area contributed by atoms with Crippen LogP contribution in [-0.2, 0) is 11.3 Å². The summed E-state index contributed by atoms with van der Waals surface area (Å²) >= 11 is 1.31. The van der Waals surface area contributed by atoms with Gasteiger partial charge in [0.1, 0.15) is 24.1 Å². The Morgan fingerprint density at radius 1 is 0.875 bits per heavy atom. The van der Waals surface area contributed by atoms with Gasteiger partial charge in [-0.05, 0) is 42.0 Å². The molecule has 5 rings (SSSR count). The number of hydrogen-bond acceptors (Lipinski definition) is 9. The van der Waals surface area contributed by atoms with Crippen LogP contribution in [0.15, 0.2) is 53.6 Å². The van der Waals surface area contributed by atoms with Crippen LogP contribution in [-0.4, -0.2) is 41.9 Å². The maximum atomic E-state index is 12.3. The van der Waals surface area contributed by atoms with Crippen molar-refractivity contribution in [1.82, 2.24) is 10.2 Å². The maximum absolute atomic E-state index is 12.3. The molecule has 0 saturated carbocycles. The van der Waals surface area contributed by atoms with E-state index in [-0.39, 0.29) is 18.5 Å². The van der Waals surface area contributed by atoms with Crippen molar-refractivity contribution in [2.75, 3.05) is 36.4 Å². The fourth-order valence-electron chi connectivity index (χ4n) is 3.19. The lowest BCUT2D eigenvalue weighted by atomic mass is 10.2. The van der Waals surface area contributed by atoms with Gasteiger partial charge in [-0.2, -0.15) is 0 Å². The number of rotatable bonds is 7. The van der Waals surface area contributed by atoms with Crippen LogP contribution < -0.4 is 29.6 Å². The minimum atomic E-state index is -0.140. The van der Waals surface area contributed by atoms with E-state index in [0.717, 1.165) is 17.1 Å². The van der Waals surface area contributed by atoms with Crippen LogP contribution >= 0.6 is 11.8 Å². The van der Waals surface area contributed by atoms with Gasteiger partial charge in [-0.15, -0.1) is 10.2 Å². The van der Waals surface area contributed by atoms with Gasteiger partial charge in [0.05, 0.1) is 5.75 Å². The lowest BCUT2D eigenvalue weighted by Crippen LogP contribution is -2.17. The molecular formula is C22H20N4O5S. The molecule has 32 heavy (non-hydrogen) atoms. The van der Waals surface area contributed by atoms with Crippen molar-refractivity contribution >= 4 is 29.2 Å². The molecule has 10 heteroatoms. The Labute approximate surface area is 188 Å². The Bertz CT molecular complexity index is 1130. The quantitative estimate of drug-likeness (QED) is 0.523. The van der Waals surface area contributed by atoms with E-state index in [1.54, 1.807) is 18.2 Å². The van der Waals surface area contributed by atoms with E-state index in [4.69, 9.17) is 18.9 Å². The van der Waals surface area contributed by atoms with Crippen LogP contribution in [0.3, 0.4) is 0 Å². The van der Waals surface area contributed by atoms with Crippen molar-refractivity contribution in [2.24, 2.45) is 0 Å². The fourth-order valence-corrected chi connectivity index (χ4v) is 3.81. The molecule has 1 aromatic heterocycles. The second-order valence-electron chi connectivity index (χ2n) is 6.99. The van der Waals surface area contributed by atoms with Crippen molar-refractivity contribution in [2.45, 2.75) is 11.6 Å². The molecule has 0 unspecified atom stereocenters. The number of aromatic nitrogens is 2. The summed E-state index contributed by atoms with van der Waals surface area (Å²) in [6.07, 6.45) is 0. The fraction of sp³-hybridized carbons (Fsp3) is 0.227. The molecule has 0 spiro atoms. The van der Waals surface area contributed by atoms with Gasteiger partial charge in [-0.3, -0.25) is 4.79 Å². The van der Waals surface area contributed by atoms with Gasteiger partial charge in [0, 0.05) is 18.3 Å². The van der Waals surface area contributed by atoms with Crippen LogP contribution in [0.4, 0.5) is 11.5 Å². The highest BCUT2D eigenvalue weighted by Gasteiger charge is 2.14. The minimum Gasteiger partial charge on any atom is -0.486 e. The van der Waals surface area contributed by atoms with E-state index in [9.17, 15) is 4.79 Å². The highest BCUT2D eigenvalue weighted by Crippen LogP contribution is 2.33. The van der Waals surface area contributed by atoms with Gasteiger partial charge < -0.3 is 29.6 Å². The zero-order valence-corrected chi connectivity index (χ0v) is 17.8. The van der Waals surface area contributed by atoms with E-state index in [1.807, 2.05) is 30.3 Å². The summed E-state index contributed by atoms with van der Waals surface area (Å²) in [5.74, 6) is 3.55. The average Bonchev–Trinajstić information content (AvgIpc) is 3.30. The van der Waals surface area contributed by atoms with Gasteiger partial charge in [0.15, 0.2) is 23.0 Å². The van der Waals surface area contributed by atoms with E-state index >= 15 is 0 Å². The third-order valence-electron chi connectivity index (χ3n) is 4.73. The lowest BCUT2D eigenvalue weighted by Gasteiger charge is -2.18. The number of amides is 1. The molecule has 2 aromatic carbocycles. The molecule has 3 aromatic rings. The molecule has 0 radical (unpaired) electrons. The van der Waals surface area contributed by atoms with E-state index in [1.165, 1.54) is 11.8 Å². The Morgan fingerprint density at radius 2 is 1.66 bits per heavy atom. The lowest BCUT2D eigenvalue weighted by molar-refractivity contribution is -0.113. The first-order valence-electron chi connectivity index (χ1n) is 10.0. The largest absolute Gasteiger partial charge is 0.486 e. The maximum Gasteiger partial charge on any atom is 0.234 e. The molecular weight excluding hydrogens is 432 g/mol. The van der Waals surface area contributed by atoms with Gasteiger partial charge in [0.2, 0.25) is 12.7 Å². The third-order valence-corrected chi connectivity index (χ3v) is 5.65. The Hall–Kier alpha value is -3.66. The first-order valence-corrected chi connectivity index (χ1v) is 11.0. The average molecular weight is 452 g/mol. The standard InChI is InChI=1S/C22H20N4O5S/c27-21(24-15-2-4-16-19(10-15)29-8-7-28-16)12-32-22-6-5-20(25-26-22)23-11-14-1-3-17-18(9-14)31-13-30-17/h1-6,9-10H,7-8,11-13H2,(H,23,25)(H,24,27). The zero-order chi connectivity index (χ0) is 21.8. The van der Waals surface area contributed by atoms with E-state index < -0.39 is 0 Å². The molecule has 9 nitrogen and oxygen atoms in total. The van der Waals surface area contributed by atoms with Crippen molar-refractivity contribution in [3.63, 3.8) is 0 Å². The summed E-state index contributed by atoms with van der Waals surface area (Å²) in [6, 6.07) is 14.8. The first-order chi connectivity index (χ1) is 15.7. The van der Waals surface area contributed by atoms with Crippen LogP contribution in [0.1, 0.15) is 5.56 Å². The van der Waals surface area contributed by atoms with E-state index in [2.05, 4.69) is 20.8 Å². The van der Waals surface area contributed by atoms with Crippen molar-refractivity contribution < 1.29 is 23.7 Å². The molecule has 3 heterocycles.